The Morgan fingerprint density at radius 1 is 1.27 bits per heavy atom. The maximum absolute atomic E-state index is 12.5. The van der Waals surface area contributed by atoms with E-state index in [4.69, 9.17) is 0 Å². The normalized spacial score (nSPS) is 10.7. The van der Waals surface area contributed by atoms with Crippen molar-refractivity contribution in [2.75, 3.05) is 10.7 Å². The standard InChI is InChI=1S/C15H18N4O2S/c1-10(2)19(12-7-5-4-6-8-12)13(20)9-22-15-16-14(21)11(3)17-18-15/h4-8,10H,9H2,1-3H3,(H,16,18,21). The van der Waals surface area contributed by atoms with Crippen molar-refractivity contribution in [3.63, 3.8) is 0 Å². The van der Waals surface area contributed by atoms with Crippen LogP contribution in [0.15, 0.2) is 40.3 Å². The van der Waals surface area contributed by atoms with Gasteiger partial charge in [-0.1, -0.05) is 30.0 Å². The SMILES string of the molecule is Cc1nnc(SCC(=O)N(c2ccccc2)C(C)C)[nH]c1=O. The lowest BCUT2D eigenvalue weighted by Gasteiger charge is -2.26. The smallest absolute Gasteiger partial charge is 0.273 e. The lowest BCUT2D eigenvalue weighted by atomic mass is 10.2. The van der Waals surface area contributed by atoms with E-state index in [2.05, 4.69) is 15.2 Å². The van der Waals surface area contributed by atoms with E-state index in [1.165, 1.54) is 11.8 Å². The van der Waals surface area contributed by atoms with Gasteiger partial charge in [0.1, 0.15) is 5.69 Å². The van der Waals surface area contributed by atoms with Crippen LogP contribution in [0.5, 0.6) is 0 Å². The molecule has 1 N–H and O–H groups in total. The molecule has 7 heteroatoms. The molecule has 6 nitrogen and oxygen atoms in total. The average molecular weight is 318 g/mol. The van der Waals surface area contributed by atoms with Crippen molar-refractivity contribution < 1.29 is 4.79 Å². The van der Waals surface area contributed by atoms with Gasteiger partial charge in [-0.25, -0.2) is 0 Å². The molecule has 1 aromatic carbocycles. The number of nitrogens with zero attached hydrogens (tertiary/aromatic N) is 3. The molecule has 0 fully saturated rings. The molecule has 0 aliphatic rings. The number of hydrogen-bond acceptors (Lipinski definition) is 5. The lowest BCUT2D eigenvalue weighted by Crippen LogP contribution is -2.38. The Morgan fingerprint density at radius 3 is 2.55 bits per heavy atom. The number of aryl methyl sites for hydroxylation is 1. The van der Waals surface area contributed by atoms with Crippen LogP contribution in [0.4, 0.5) is 5.69 Å². The number of rotatable bonds is 5. The van der Waals surface area contributed by atoms with Gasteiger partial charge < -0.3 is 4.90 Å². The molecule has 1 heterocycles. The molecule has 1 aromatic heterocycles. The molecule has 0 spiro atoms. The van der Waals surface area contributed by atoms with Crippen LogP contribution < -0.4 is 10.5 Å². The molecule has 2 rings (SSSR count). The number of para-hydroxylation sites is 1. The minimum Gasteiger partial charge on any atom is -0.309 e. The third-order valence-electron chi connectivity index (χ3n) is 2.99. The fourth-order valence-electron chi connectivity index (χ4n) is 1.96. The van der Waals surface area contributed by atoms with Gasteiger partial charge in [0, 0.05) is 11.7 Å². The highest BCUT2D eigenvalue weighted by molar-refractivity contribution is 7.99. The lowest BCUT2D eigenvalue weighted by molar-refractivity contribution is -0.116. The number of benzene rings is 1. The van der Waals surface area contributed by atoms with Gasteiger partial charge in [-0.3, -0.25) is 14.6 Å². The first-order valence-electron chi connectivity index (χ1n) is 6.92. The Morgan fingerprint density at radius 2 is 1.95 bits per heavy atom. The van der Waals surface area contributed by atoms with E-state index in [9.17, 15) is 9.59 Å². The molecular weight excluding hydrogens is 300 g/mol. The predicted octanol–water partition coefficient (Wildman–Crippen LogP) is 2.01. The van der Waals surface area contributed by atoms with Crippen LogP contribution in [-0.2, 0) is 4.79 Å². The van der Waals surface area contributed by atoms with Gasteiger partial charge in [-0.05, 0) is 32.9 Å². The Labute approximate surface area is 133 Å². The second-order valence-electron chi connectivity index (χ2n) is 5.03. The number of anilines is 1. The van der Waals surface area contributed by atoms with E-state index in [0.717, 1.165) is 5.69 Å². The summed E-state index contributed by atoms with van der Waals surface area (Å²) in [7, 11) is 0. The van der Waals surface area contributed by atoms with Gasteiger partial charge in [0.05, 0.1) is 5.75 Å². The van der Waals surface area contributed by atoms with E-state index >= 15 is 0 Å². The van der Waals surface area contributed by atoms with Crippen LogP contribution in [0.2, 0.25) is 0 Å². The molecule has 1 amide bonds. The topological polar surface area (TPSA) is 79.0 Å². The molecule has 22 heavy (non-hydrogen) atoms. The highest BCUT2D eigenvalue weighted by atomic mass is 32.2. The molecule has 0 aliphatic heterocycles. The van der Waals surface area contributed by atoms with Crippen LogP contribution in [0.3, 0.4) is 0 Å². The first-order chi connectivity index (χ1) is 10.5. The van der Waals surface area contributed by atoms with Crippen molar-refractivity contribution >= 4 is 23.4 Å². The first-order valence-corrected chi connectivity index (χ1v) is 7.91. The Bertz CT molecular complexity index is 700. The van der Waals surface area contributed by atoms with E-state index < -0.39 is 0 Å². The molecule has 2 aromatic rings. The van der Waals surface area contributed by atoms with Crippen LogP contribution in [0.1, 0.15) is 19.5 Å². The van der Waals surface area contributed by atoms with Crippen LogP contribution in [0, 0.1) is 6.92 Å². The second kappa shape index (κ2) is 7.22. The summed E-state index contributed by atoms with van der Waals surface area (Å²) in [6, 6.07) is 9.54. The Hall–Kier alpha value is -2.15. The zero-order chi connectivity index (χ0) is 16.1. The largest absolute Gasteiger partial charge is 0.309 e. The molecule has 0 saturated heterocycles. The maximum Gasteiger partial charge on any atom is 0.273 e. The molecular formula is C15H18N4O2S. The van der Waals surface area contributed by atoms with Crippen LogP contribution in [-0.4, -0.2) is 32.9 Å². The number of hydrogen-bond donors (Lipinski definition) is 1. The number of H-pyrrole nitrogens is 1. The van der Waals surface area contributed by atoms with Gasteiger partial charge in [0.2, 0.25) is 5.91 Å². The summed E-state index contributed by atoms with van der Waals surface area (Å²) in [6.45, 7) is 5.51. The molecule has 0 atom stereocenters. The number of amides is 1. The highest BCUT2D eigenvalue weighted by Gasteiger charge is 2.19. The van der Waals surface area contributed by atoms with Crippen molar-refractivity contribution in [2.24, 2.45) is 0 Å². The van der Waals surface area contributed by atoms with Gasteiger partial charge in [0.25, 0.3) is 5.56 Å². The summed E-state index contributed by atoms with van der Waals surface area (Å²) >= 11 is 1.17. The molecule has 0 bridgehead atoms. The predicted molar refractivity (Wildman–Crippen MR) is 87.2 cm³/mol. The van der Waals surface area contributed by atoms with Gasteiger partial charge in [0.15, 0.2) is 5.16 Å². The Kier molecular flexibility index (Phi) is 5.32. The summed E-state index contributed by atoms with van der Waals surface area (Å²) in [5.74, 6) is 0.134. The second-order valence-corrected chi connectivity index (χ2v) is 5.99. The van der Waals surface area contributed by atoms with Gasteiger partial charge in [-0.15, -0.1) is 10.2 Å². The summed E-state index contributed by atoms with van der Waals surface area (Å²) in [6.07, 6.45) is 0. The van der Waals surface area contributed by atoms with Gasteiger partial charge >= 0.3 is 0 Å². The highest BCUT2D eigenvalue weighted by Crippen LogP contribution is 2.19. The first kappa shape index (κ1) is 16.2. The molecule has 0 radical (unpaired) electrons. The summed E-state index contributed by atoms with van der Waals surface area (Å²) < 4.78 is 0. The Balaban J connectivity index is 2.09. The number of thioether (sulfide) groups is 1. The van der Waals surface area contributed by atoms with Crippen molar-refractivity contribution in [3.05, 3.63) is 46.4 Å². The molecule has 116 valence electrons. The summed E-state index contributed by atoms with van der Waals surface area (Å²) in [4.78, 5) is 28.3. The fraction of sp³-hybridized carbons (Fsp3) is 0.333. The van der Waals surface area contributed by atoms with Crippen molar-refractivity contribution in [1.29, 1.82) is 0 Å². The quantitative estimate of drug-likeness (QED) is 0.853. The zero-order valence-corrected chi connectivity index (χ0v) is 13.6. The number of aromatic nitrogens is 3. The summed E-state index contributed by atoms with van der Waals surface area (Å²) in [5.41, 5.74) is 0.879. The van der Waals surface area contributed by atoms with Crippen LogP contribution >= 0.6 is 11.8 Å². The van der Waals surface area contributed by atoms with Gasteiger partial charge in [-0.2, -0.15) is 0 Å². The number of aromatic amines is 1. The van der Waals surface area contributed by atoms with Crippen molar-refractivity contribution in [1.82, 2.24) is 15.2 Å². The monoisotopic (exact) mass is 318 g/mol. The minimum atomic E-state index is -0.284. The van der Waals surface area contributed by atoms with E-state index in [0.29, 0.717) is 10.9 Å². The molecule has 0 saturated carbocycles. The zero-order valence-electron chi connectivity index (χ0n) is 12.7. The summed E-state index contributed by atoms with van der Waals surface area (Å²) in [5, 5.41) is 7.98. The molecule has 0 aliphatic carbocycles. The van der Waals surface area contributed by atoms with Crippen molar-refractivity contribution in [3.8, 4) is 0 Å². The van der Waals surface area contributed by atoms with E-state index in [-0.39, 0.29) is 23.3 Å². The number of nitrogens with one attached hydrogen (secondary N) is 1. The van der Waals surface area contributed by atoms with E-state index in [1.54, 1.807) is 11.8 Å². The van der Waals surface area contributed by atoms with E-state index in [1.807, 2.05) is 44.2 Å². The number of carbonyl (C=O) groups is 1. The average Bonchev–Trinajstić information content (AvgIpc) is 2.49. The molecule has 0 unspecified atom stereocenters. The maximum atomic E-state index is 12.5. The number of carbonyl (C=O) groups excluding carboxylic acids is 1. The van der Waals surface area contributed by atoms with Crippen molar-refractivity contribution in [2.45, 2.75) is 32.0 Å². The van der Waals surface area contributed by atoms with Crippen LogP contribution in [0.25, 0.3) is 0 Å². The third-order valence-corrected chi connectivity index (χ3v) is 3.84. The fourth-order valence-corrected chi connectivity index (χ4v) is 2.62. The minimum absolute atomic E-state index is 0.0404. The third kappa shape index (κ3) is 3.94.